The Hall–Kier alpha value is -1.06. The number of esters is 1. The number of nitrogens with two attached hydrogens (primary N) is 1. The van der Waals surface area contributed by atoms with E-state index in [0.717, 1.165) is 18.4 Å². The van der Waals surface area contributed by atoms with Crippen LogP contribution in [0.2, 0.25) is 5.02 Å². The Bertz CT molecular complexity index is 351. The lowest BCUT2D eigenvalue weighted by Crippen LogP contribution is -2.32. The Morgan fingerprint density at radius 2 is 2.06 bits per heavy atom. The van der Waals surface area contributed by atoms with Crippen molar-refractivity contribution in [3.63, 3.8) is 0 Å². The lowest BCUT2D eigenvalue weighted by Gasteiger charge is -2.10. The molecule has 0 fully saturated rings. The molecule has 0 aliphatic carbocycles. The Morgan fingerprint density at radius 1 is 1.41 bits per heavy atom. The van der Waals surface area contributed by atoms with Crippen LogP contribution >= 0.6 is 11.6 Å². The van der Waals surface area contributed by atoms with Gasteiger partial charge in [-0.25, -0.2) is 0 Å². The average molecular weight is 256 g/mol. The zero-order valence-electron chi connectivity index (χ0n) is 9.99. The summed E-state index contributed by atoms with van der Waals surface area (Å²) < 4.78 is 5.12. The van der Waals surface area contributed by atoms with Crippen LogP contribution in [0.4, 0.5) is 0 Å². The van der Waals surface area contributed by atoms with Crippen molar-refractivity contribution < 1.29 is 9.53 Å². The van der Waals surface area contributed by atoms with E-state index in [0.29, 0.717) is 11.4 Å². The van der Waals surface area contributed by atoms with Gasteiger partial charge in [0.15, 0.2) is 0 Å². The summed E-state index contributed by atoms with van der Waals surface area (Å²) in [4.78, 5) is 11.5. The molecule has 94 valence electrons. The zero-order valence-corrected chi connectivity index (χ0v) is 10.7. The molecule has 17 heavy (non-hydrogen) atoms. The SMILES string of the molecule is CCCC[C@H](N)C(=O)OCc1ccc(Cl)cc1. The number of hydrogen-bond donors (Lipinski definition) is 1. The van der Waals surface area contributed by atoms with Gasteiger partial charge >= 0.3 is 5.97 Å². The van der Waals surface area contributed by atoms with Gasteiger partial charge in [-0.2, -0.15) is 0 Å². The lowest BCUT2D eigenvalue weighted by atomic mass is 10.1. The molecule has 2 N–H and O–H groups in total. The lowest BCUT2D eigenvalue weighted by molar-refractivity contribution is -0.146. The third-order valence-electron chi connectivity index (χ3n) is 2.47. The van der Waals surface area contributed by atoms with Crippen molar-refractivity contribution in [2.24, 2.45) is 5.73 Å². The minimum atomic E-state index is -0.512. The van der Waals surface area contributed by atoms with Gasteiger partial charge in [-0.1, -0.05) is 43.5 Å². The van der Waals surface area contributed by atoms with Crippen molar-refractivity contribution in [3.8, 4) is 0 Å². The first-order valence-corrected chi connectivity index (χ1v) is 6.18. The molecular weight excluding hydrogens is 238 g/mol. The molecule has 0 aliphatic heterocycles. The molecule has 0 heterocycles. The molecule has 1 atom stereocenters. The van der Waals surface area contributed by atoms with E-state index in [1.165, 1.54) is 0 Å². The molecule has 0 aliphatic rings. The fourth-order valence-corrected chi connectivity index (χ4v) is 1.51. The summed E-state index contributed by atoms with van der Waals surface area (Å²) in [6.07, 6.45) is 2.64. The fourth-order valence-electron chi connectivity index (χ4n) is 1.38. The van der Waals surface area contributed by atoms with Crippen molar-refractivity contribution in [1.29, 1.82) is 0 Å². The van der Waals surface area contributed by atoms with Gasteiger partial charge in [0.25, 0.3) is 0 Å². The van der Waals surface area contributed by atoms with Crippen LogP contribution in [-0.4, -0.2) is 12.0 Å². The Labute approximate surface area is 107 Å². The molecule has 4 heteroatoms. The van der Waals surface area contributed by atoms with E-state index < -0.39 is 6.04 Å². The second kappa shape index (κ2) is 7.30. The fraction of sp³-hybridized carbons (Fsp3) is 0.462. The van der Waals surface area contributed by atoms with Crippen molar-refractivity contribution in [2.75, 3.05) is 0 Å². The van der Waals surface area contributed by atoms with Crippen LogP contribution in [0.3, 0.4) is 0 Å². The summed E-state index contributed by atoms with van der Waals surface area (Å²) in [5, 5.41) is 0.666. The summed E-state index contributed by atoms with van der Waals surface area (Å²) in [5.41, 5.74) is 6.60. The van der Waals surface area contributed by atoms with Crippen LogP contribution < -0.4 is 5.73 Å². The van der Waals surface area contributed by atoms with Crippen molar-refractivity contribution >= 4 is 17.6 Å². The number of benzene rings is 1. The van der Waals surface area contributed by atoms with Crippen LogP contribution in [0.5, 0.6) is 0 Å². The van der Waals surface area contributed by atoms with Crippen LogP contribution in [0, 0.1) is 0 Å². The van der Waals surface area contributed by atoms with Gasteiger partial charge in [0.05, 0.1) is 0 Å². The van der Waals surface area contributed by atoms with Crippen LogP contribution in [-0.2, 0) is 16.1 Å². The van der Waals surface area contributed by atoms with E-state index in [9.17, 15) is 4.79 Å². The molecule has 0 amide bonds. The van der Waals surface area contributed by atoms with E-state index in [4.69, 9.17) is 22.1 Å². The maximum atomic E-state index is 11.5. The first kappa shape index (κ1) is 14.0. The van der Waals surface area contributed by atoms with E-state index >= 15 is 0 Å². The van der Waals surface area contributed by atoms with Crippen LogP contribution in [0.25, 0.3) is 0 Å². The van der Waals surface area contributed by atoms with Crippen LogP contribution in [0.1, 0.15) is 31.7 Å². The maximum Gasteiger partial charge on any atom is 0.323 e. The maximum absolute atomic E-state index is 11.5. The molecule has 0 saturated heterocycles. The molecular formula is C13H18ClNO2. The smallest absolute Gasteiger partial charge is 0.323 e. The van der Waals surface area contributed by atoms with Crippen LogP contribution in [0.15, 0.2) is 24.3 Å². The van der Waals surface area contributed by atoms with E-state index in [-0.39, 0.29) is 12.6 Å². The summed E-state index contributed by atoms with van der Waals surface area (Å²) in [6.45, 7) is 2.31. The highest BCUT2D eigenvalue weighted by Gasteiger charge is 2.14. The predicted molar refractivity (Wildman–Crippen MR) is 68.7 cm³/mol. The van der Waals surface area contributed by atoms with E-state index in [1.807, 2.05) is 12.1 Å². The van der Waals surface area contributed by atoms with Gasteiger partial charge in [-0.3, -0.25) is 4.79 Å². The molecule has 1 aromatic carbocycles. The number of halogens is 1. The normalized spacial score (nSPS) is 12.2. The second-order valence-electron chi connectivity index (χ2n) is 3.98. The summed E-state index contributed by atoms with van der Waals surface area (Å²) >= 11 is 5.75. The monoisotopic (exact) mass is 255 g/mol. The third-order valence-corrected chi connectivity index (χ3v) is 2.72. The third kappa shape index (κ3) is 5.20. The van der Waals surface area contributed by atoms with Gasteiger partial charge in [-0.05, 0) is 24.1 Å². The minimum absolute atomic E-state index is 0.246. The van der Waals surface area contributed by atoms with Gasteiger partial charge in [0, 0.05) is 5.02 Å². The van der Waals surface area contributed by atoms with Gasteiger partial charge in [-0.15, -0.1) is 0 Å². The molecule has 0 radical (unpaired) electrons. The highest BCUT2D eigenvalue weighted by Crippen LogP contribution is 2.10. The number of carbonyl (C=O) groups is 1. The highest BCUT2D eigenvalue weighted by atomic mass is 35.5. The largest absolute Gasteiger partial charge is 0.460 e. The number of ether oxygens (including phenoxy) is 1. The van der Waals surface area contributed by atoms with Gasteiger partial charge in [0.2, 0.25) is 0 Å². The second-order valence-corrected chi connectivity index (χ2v) is 4.42. The minimum Gasteiger partial charge on any atom is -0.460 e. The van der Waals surface area contributed by atoms with Crippen molar-refractivity contribution in [2.45, 2.75) is 38.8 Å². The molecule has 0 saturated carbocycles. The number of unbranched alkanes of at least 4 members (excludes halogenated alkanes) is 1. The molecule has 1 aromatic rings. The number of rotatable bonds is 6. The molecule has 0 aromatic heterocycles. The van der Waals surface area contributed by atoms with E-state index in [1.54, 1.807) is 12.1 Å². The van der Waals surface area contributed by atoms with Gasteiger partial charge in [0.1, 0.15) is 12.6 Å². The van der Waals surface area contributed by atoms with Gasteiger partial charge < -0.3 is 10.5 Å². The summed E-state index contributed by atoms with van der Waals surface area (Å²) in [6, 6.07) is 6.67. The molecule has 0 unspecified atom stereocenters. The number of hydrogen-bond acceptors (Lipinski definition) is 3. The highest BCUT2D eigenvalue weighted by molar-refractivity contribution is 6.30. The molecule has 1 rings (SSSR count). The molecule has 0 spiro atoms. The standard InChI is InChI=1S/C13H18ClNO2/c1-2-3-4-12(15)13(16)17-9-10-5-7-11(14)8-6-10/h5-8,12H,2-4,9,15H2,1H3/t12-/m0/s1. The topological polar surface area (TPSA) is 52.3 Å². The zero-order chi connectivity index (χ0) is 12.7. The van der Waals surface area contributed by atoms with Crippen molar-refractivity contribution in [1.82, 2.24) is 0 Å². The predicted octanol–water partition coefficient (Wildman–Crippen LogP) is 2.90. The molecule has 3 nitrogen and oxygen atoms in total. The molecule has 0 bridgehead atoms. The Kier molecular flexibility index (Phi) is 6.01. The Morgan fingerprint density at radius 3 is 2.65 bits per heavy atom. The first-order valence-electron chi connectivity index (χ1n) is 5.80. The summed E-state index contributed by atoms with van der Waals surface area (Å²) in [5.74, 6) is -0.339. The average Bonchev–Trinajstić information content (AvgIpc) is 2.34. The van der Waals surface area contributed by atoms with Crippen molar-refractivity contribution in [3.05, 3.63) is 34.9 Å². The Balaban J connectivity index is 2.34. The quantitative estimate of drug-likeness (QED) is 0.796. The number of carbonyl (C=O) groups excluding carboxylic acids is 1. The van der Waals surface area contributed by atoms with E-state index in [2.05, 4.69) is 6.92 Å². The summed E-state index contributed by atoms with van der Waals surface area (Å²) in [7, 11) is 0. The first-order chi connectivity index (χ1) is 8.13.